The topological polar surface area (TPSA) is 101 Å². The number of hydrogen-bond acceptors (Lipinski definition) is 6. The summed E-state index contributed by atoms with van der Waals surface area (Å²) in [6.45, 7) is 0.525. The molecule has 1 aliphatic heterocycles. The molecule has 0 saturated heterocycles. The van der Waals surface area contributed by atoms with Crippen LogP contribution < -0.4 is 0 Å². The molecular weight excluding hydrogens is 440 g/mol. The van der Waals surface area contributed by atoms with Crippen LogP contribution in [0.4, 0.5) is 0 Å². The van der Waals surface area contributed by atoms with Gasteiger partial charge in [0, 0.05) is 36.2 Å². The van der Waals surface area contributed by atoms with Gasteiger partial charge in [-0.3, -0.25) is 14.8 Å². The number of oxazole rings is 1. The van der Waals surface area contributed by atoms with Crippen LogP contribution in [0.25, 0.3) is 22.5 Å². The number of H-pyrrole nitrogens is 1. The molecule has 1 aliphatic carbocycles. The van der Waals surface area contributed by atoms with Crippen LogP contribution in [-0.2, 0) is 6.42 Å². The van der Waals surface area contributed by atoms with Gasteiger partial charge in [-0.05, 0) is 37.1 Å². The number of benzene rings is 1. The molecule has 1 aromatic carbocycles. The van der Waals surface area contributed by atoms with E-state index in [4.69, 9.17) is 14.4 Å². The van der Waals surface area contributed by atoms with E-state index in [-0.39, 0.29) is 11.8 Å². The molecule has 2 aliphatic rings. The summed E-state index contributed by atoms with van der Waals surface area (Å²) in [7, 11) is 0. The highest BCUT2D eigenvalue weighted by Gasteiger charge is 2.40. The normalized spacial score (nSPS) is 17.5. The molecule has 0 spiro atoms. The monoisotopic (exact) mass is 462 g/mol. The molecule has 35 heavy (non-hydrogen) atoms. The number of fused-ring (bicyclic) bond motifs is 2. The SMILES string of the molecule is O=C(c1oc(-c2ccccn2)nc1C1CC1)N1CCc2[nH]cnc2[C@H]1c1ccc2ccccc2n1. The highest BCUT2D eigenvalue weighted by Crippen LogP contribution is 2.43. The summed E-state index contributed by atoms with van der Waals surface area (Å²) < 4.78 is 6.13. The zero-order valence-corrected chi connectivity index (χ0v) is 18.9. The third-order valence-electron chi connectivity index (χ3n) is 6.78. The van der Waals surface area contributed by atoms with Crippen LogP contribution >= 0.6 is 0 Å². The van der Waals surface area contributed by atoms with Gasteiger partial charge in [0.25, 0.3) is 5.91 Å². The average molecular weight is 463 g/mol. The van der Waals surface area contributed by atoms with E-state index in [0.717, 1.165) is 46.5 Å². The lowest BCUT2D eigenvalue weighted by Crippen LogP contribution is -2.41. The predicted molar refractivity (Wildman–Crippen MR) is 129 cm³/mol. The molecule has 4 aromatic heterocycles. The first-order valence-corrected chi connectivity index (χ1v) is 11.9. The number of pyridine rings is 2. The second kappa shape index (κ2) is 7.87. The largest absolute Gasteiger partial charge is 0.429 e. The first-order valence-electron chi connectivity index (χ1n) is 11.9. The summed E-state index contributed by atoms with van der Waals surface area (Å²) >= 11 is 0. The Morgan fingerprint density at radius 2 is 1.86 bits per heavy atom. The minimum absolute atomic E-state index is 0.185. The fraction of sp³-hybridized carbons (Fsp3) is 0.222. The lowest BCUT2D eigenvalue weighted by atomic mass is 9.98. The van der Waals surface area contributed by atoms with Crippen LogP contribution in [0.2, 0.25) is 0 Å². The zero-order valence-electron chi connectivity index (χ0n) is 18.9. The maximum atomic E-state index is 14.1. The smallest absolute Gasteiger partial charge is 0.292 e. The number of imidazole rings is 1. The number of nitrogens with one attached hydrogen (secondary N) is 1. The Balaban J connectivity index is 1.33. The molecule has 7 rings (SSSR count). The van der Waals surface area contributed by atoms with Gasteiger partial charge in [-0.1, -0.05) is 30.3 Å². The van der Waals surface area contributed by atoms with Gasteiger partial charge < -0.3 is 14.3 Å². The van der Waals surface area contributed by atoms with Crippen molar-refractivity contribution in [1.82, 2.24) is 29.8 Å². The van der Waals surface area contributed by atoms with Gasteiger partial charge in [0.1, 0.15) is 11.7 Å². The third kappa shape index (κ3) is 3.41. The number of carbonyl (C=O) groups is 1. The molecule has 1 fully saturated rings. The Hall–Kier alpha value is -4.33. The number of aromatic amines is 1. The van der Waals surface area contributed by atoms with Crippen molar-refractivity contribution in [3.63, 3.8) is 0 Å². The summed E-state index contributed by atoms with van der Waals surface area (Å²) in [6.07, 6.45) is 6.09. The summed E-state index contributed by atoms with van der Waals surface area (Å²) in [4.78, 5) is 37.8. The Bertz CT molecular complexity index is 1550. The molecule has 8 heteroatoms. The minimum Gasteiger partial charge on any atom is -0.429 e. The summed E-state index contributed by atoms with van der Waals surface area (Å²) in [5.41, 5.74) is 4.87. The fourth-order valence-corrected chi connectivity index (χ4v) is 4.88. The van der Waals surface area contributed by atoms with E-state index in [1.807, 2.05) is 59.5 Å². The van der Waals surface area contributed by atoms with Crippen molar-refractivity contribution in [1.29, 1.82) is 0 Å². The highest BCUT2D eigenvalue weighted by molar-refractivity contribution is 5.94. The van der Waals surface area contributed by atoms with E-state index in [2.05, 4.69) is 15.0 Å². The van der Waals surface area contributed by atoms with E-state index in [1.54, 1.807) is 12.5 Å². The van der Waals surface area contributed by atoms with E-state index in [1.165, 1.54) is 0 Å². The van der Waals surface area contributed by atoms with E-state index >= 15 is 0 Å². The molecule has 1 N–H and O–H groups in total. The van der Waals surface area contributed by atoms with Gasteiger partial charge in [0.2, 0.25) is 11.7 Å². The lowest BCUT2D eigenvalue weighted by molar-refractivity contribution is 0.0654. The van der Waals surface area contributed by atoms with Gasteiger partial charge >= 0.3 is 0 Å². The Kier molecular flexibility index (Phi) is 4.51. The molecule has 1 atom stereocenters. The second-order valence-electron chi connectivity index (χ2n) is 9.07. The van der Waals surface area contributed by atoms with Crippen LogP contribution in [0.5, 0.6) is 0 Å². The van der Waals surface area contributed by atoms with Gasteiger partial charge in [-0.25, -0.2) is 9.97 Å². The number of rotatable bonds is 4. The molecule has 5 aromatic rings. The molecule has 8 nitrogen and oxygen atoms in total. The maximum absolute atomic E-state index is 14.1. The second-order valence-corrected chi connectivity index (χ2v) is 9.07. The number of para-hydroxylation sites is 1. The summed E-state index contributed by atoms with van der Waals surface area (Å²) in [6, 6.07) is 17.2. The van der Waals surface area contributed by atoms with E-state index in [9.17, 15) is 4.79 Å². The molecule has 0 unspecified atom stereocenters. The molecule has 0 radical (unpaired) electrons. The Morgan fingerprint density at radius 3 is 2.71 bits per heavy atom. The van der Waals surface area contributed by atoms with Crippen molar-refractivity contribution in [3.05, 3.63) is 95.7 Å². The van der Waals surface area contributed by atoms with Crippen molar-refractivity contribution < 1.29 is 9.21 Å². The minimum atomic E-state index is -0.419. The molecule has 1 saturated carbocycles. The molecule has 1 amide bonds. The van der Waals surface area contributed by atoms with Crippen LogP contribution in [0.3, 0.4) is 0 Å². The first-order chi connectivity index (χ1) is 17.3. The van der Waals surface area contributed by atoms with Crippen molar-refractivity contribution in [2.45, 2.75) is 31.2 Å². The number of amides is 1. The quantitative estimate of drug-likeness (QED) is 0.416. The summed E-state index contributed by atoms with van der Waals surface area (Å²) in [5, 5.41) is 1.05. The van der Waals surface area contributed by atoms with E-state index in [0.29, 0.717) is 30.3 Å². The molecular formula is C27H22N6O2. The van der Waals surface area contributed by atoms with Crippen LogP contribution in [0.15, 0.2) is 71.5 Å². The maximum Gasteiger partial charge on any atom is 0.292 e. The summed E-state index contributed by atoms with van der Waals surface area (Å²) in [5.74, 6) is 0.750. The van der Waals surface area contributed by atoms with Gasteiger partial charge in [-0.2, -0.15) is 0 Å². The van der Waals surface area contributed by atoms with Gasteiger partial charge in [0.05, 0.1) is 28.9 Å². The average Bonchev–Trinajstić information content (AvgIpc) is 3.47. The molecule has 0 bridgehead atoms. The Labute approximate surface area is 201 Å². The van der Waals surface area contributed by atoms with Gasteiger partial charge in [-0.15, -0.1) is 0 Å². The van der Waals surface area contributed by atoms with Crippen LogP contribution in [-0.4, -0.2) is 42.3 Å². The highest BCUT2D eigenvalue weighted by atomic mass is 16.4. The number of nitrogens with zero attached hydrogens (tertiary/aromatic N) is 5. The van der Waals surface area contributed by atoms with E-state index < -0.39 is 6.04 Å². The van der Waals surface area contributed by atoms with Gasteiger partial charge in [0.15, 0.2) is 0 Å². The Morgan fingerprint density at radius 1 is 0.971 bits per heavy atom. The van der Waals surface area contributed by atoms with Crippen molar-refractivity contribution in [3.8, 4) is 11.6 Å². The van der Waals surface area contributed by atoms with Crippen molar-refractivity contribution in [2.24, 2.45) is 0 Å². The van der Waals surface area contributed by atoms with Crippen LogP contribution in [0.1, 0.15) is 58.1 Å². The van der Waals surface area contributed by atoms with Crippen LogP contribution in [0, 0.1) is 0 Å². The molecule has 5 heterocycles. The fourth-order valence-electron chi connectivity index (χ4n) is 4.88. The lowest BCUT2D eigenvalue weighted by Gasteiger charge is -2.34. The zero-order chi connectivity index (χ0) is 23.4. The third-order valence-corrected chi connectivity index (χ3v) is 6.78. The molecule has 172 valence electrons. The first kappa shape index (κ1) is 20.1. The van der Waals surface area contributed by atoms with Crippen molar-refractivity contribution in [2.75, 3.05) is 6.54 Å². The number of aromatic nitrogens is 5. The van der Waals surface area contributed by atoms with Crippen molar-refractivity contribution >= 4 is 16.8 Å². The number of hydrogen-bond donors (Lipinski definition) is 1. The number of carbonyl (C=O) groups excluding carboxylic acids is 1. The standard InChI is InChI=1S/C27H22N6O2/c34-27(25-22(17-8-9-17)32-26(35-25)21-7-3-4-13-28-21)33-14-12-19-23(30-15-29-19)24(33)20-11-10-16-5-1-2-6-18(16)31-20/h1-7,10-11,13,15,17,24H,8-9,12,14H2,(H,29,30)/t24-/m1/s1. The predicted octanol–water partition coefficient (Wildman–Crippen LogP) is 4.67.